The zero-order valence-corrected chi connectivity index (χ0v) is 54.9. The lowest BCUT2D eigenvalue weighted by Crippen LogP contribution is -2.12. The van der Waals surface area contributed by atoms with Gasteiger partial charge in [-0.05, 0) is 152 Å². The molecule has 0 radical (unpaired) electrons. The Hall–Kier alpha value is -11.0. The molecule has 3 aliphatic rings. The number of aryl methyl sites for hydroxylation is 1. The second kappa shape index (κ2) is 29.8. The number of anilines is 2. The molecule has 0 spiro atoms. The van der Waals surface area contributed by atoms with E-state index >= 15 is 0 Å². The number of hydrogen-bond donors (Lipinski definition) is 2. The van der Waals surface area contributed by atoms with Gasteiger partial charge in [-0.15, -0.1) is 0 Å². The lowest BCUT2D eigenvalue weighted by molar-refractivity contribution is 0.0963. The molecule has 12 aromatic rings. The minimum atomic E-state index is -0.745. The van der Waals surface area contributed by atoms with Crippen LogP contribution in [0, 0.1) is 36.0 Å². The minimum Gasteiger partial charge on any atom is -0.451 e. The summed E-state index contributed by atoms with van der Waals surface area (Å²) in [6, 6.07) is 40.0. The summed E-state index contributed by atoms with van der Waals surface area (Å²) in [5.74, 6) is -2.19. The normalized spacial score (nSPS) is 14.1. The van der Waals surface area contributed by atoms with E-state index in [1.165, 1.54) is 91.8 Å². The van der Waals surface area contributed by atoms with Crippen LogP contribution in [0.2, 0.25) is 0 Å². The Morgan fingerprint density at radius 3 is 1.42 bits per heavy atom. The molecule has 0 atom stereocenters. The number of nitrogens with one attached hydrogen (secondary N) is 2. The van der Waals surface area contributed by atoms with Crippen LogP contribution in [-0.4, -0.2) is 51.2 Å². The Bertz CT molecular complexity index is 4830. The molecule has 0 bridgehead atoms. The number of rotatable bonds is 17. The van der Waals surface area contributed by atoms with Crippen molar-refractivity contribution in [3.63, 3.8) is 0 Å². The van der Waals surface area contributed by atoms with Gasteiger partial charge >= 0.3 is 0 Å². The average molecular weight is 1340 g/mol. The van der Waals surface area contributed by atoms with Crippen molar-refractivity contribution in [1.29, 1.82) is 0 Å². The fourth-order valence-electron chi connectivity index (χ4n) is 13.5. The fraction of sp³-hybridized carbons (Fsp3) is 0.253. The van der Waals surface area contributed by atoms with Crippen LogP contribution in [0.3, 0.4) is 0 Å². The number of aromatic nitrogens is 7. The van der Waals surface area contributed by atoms with E-state index in [4.69, 9.17) is 13.3 Å². The number of nitrogens with zero attached hydrogens (tertiary/aromatic N) is 7. The second-order valence-electron chi connectivity index (χ2n) is 25.6. The molecule has 20 heteroatoms. The molecule has 2 N–H and O–H groups in total. The van der Waals surface area contributed by atoms with Crippen LogP contribution >= 0.6 is 0 Å². The number of hydrogen-bond acceptors (Lipinski definition) is 10. The predicted octanol–water partition coefficient (Wildman–Crippen LogP) is 20.2. The molecule has 3 aromatic carbocycles. The molecule has 3 aliphatic carbocycles. The number of benzene rings is 3. The van der Waals surface area contributed by atoms with Gasteiger partial charge in [0.15, 0.2) is 46.2 Å². The lowest BCUT2D eigenvalue weighted by atomic mass is 9.98. The van der Waals surface area contributed by atoms with Crippen molar-refractivity contribution in [3.05, 3.63) is 252 Å². The van der Waals surface area contributed by atoms with Gasteiger partial charge in [-0.3, -0.25) is 29.3 Å². The second-order valence-corrected chi connectivity index (χ2v) is 25.6. The van der Waals surface area contributed by atoms with Crippen LogP contribution in [0.25, 0.3) is 67.9 Å². The maximum atomic E-state index is 14.6. The van der Waals surface area contributed by atoms with E-state index in [1.54, 1.807) is 24.5 Å². The number of Topliss-reactive ketones (excluding diaryl/α,β-unsaturated/α-hetero) is 1. The van der Waals surface area contributed by atoms with E-state index in [0.717, 1.165) is 110 Å². The monoisotopic (exact) mass is 1340 g/mol. The molecule has 3 fully saturated rings. The zero-order chi connectivity index (χ0) is 68.7. The number of pyridine rings is 3. The molecule has 15 rings (SSSR count). The zero-order valence-electron chi connectivity index (χ0n) is 54.9. The van der Waals surface area contributed by atoms with Gasteiger partial charge in [0.2, 0.25) is 5.78 Å². The number of amides is 2. The highest BCUT2D eigenvalue weighted by Gasteiger charge is 2.30. The van der Waals surface area contributed by atoms with Crippen LogP contribution in [-0.2, 0) is 6.42 Å². The highest BCUT2D eigenvalue weighted by molar-refractivity contribution is 6.03. The van der Waals surface area contributed by atoms with Gasteiger partial charge in [0.05, 0.1) is 47.7 Å². The van der Waals surface area contributed by atoms with Crippen molar-refractivity contribution in [2.75, 3.05) is 10.6 Å². The van der Waals surface area contributed by atoms with Crippen molar-refractivity contribution < 1.29 is 49.6 Å². The van der Waals surface area contributed by atoms with Crippen LogP contribution in [0.5, 0.6) is 0 Å². The van der Waals surface area contributed by atoms with E-state index < -0.39 is 40.9 Å². The number of carbonyl (C=O) groups excluding carboxylic acids is 3. The number of carbonyl (C=O) groups is 3. The summed E-state index contributed by atoms with van der Waals surface area (Å²) >= 11 is 0. The van der Waals surface area contributed by atoms with Crippen molar-refractivity contribution >= 4 is 29.0 Å². The van der Waals surface area contributed by atoms with Gasteiger partial charge < -0.3 is 37.6 Å². The summed E-state index contributed by atoms with van der Waals surface area (Å²) in [7, 11) is 0. The predicted molar refractivity (Wildman–Crippen MR) is 368 cm³/mol. The largest absolute Gasteiger partial charge is 0.451 e. The number of ketones is 1. The van der Waals surface area contributed by atoms with Crippen LogP contribution in [0.1, 0.15) is 163 Å². The molecule has 9 heterocycles. The number of imidazole rings is 1. The summed E-state index contributed by atoms with van der Waals surface area (Å²) in [4.78, 5) is 53.7. The molecule has 2 amide bonds. The number of furan rings is 3. The first-order chi connectivity index (χ1) is 48.1. The molecule has 99 heavy (non-hydrogen) atoms. The first-order valence-electron chi connectivity index (χ1n) is 33.5. The Morgan fingerprint density at radius 2 is 0.939 bits per heavy atom. The molecule has 9 aromatic heterocycles. The highest BCUT2D eigenvalue weighted by Crippen LogP contribution is 2.44. The Balaban J connectivity index is 0.000000133. The molecule has 0 saturated heterocycles. The van der Waals surface area contributed by atoms with Gasteiger partial charge in [-0.2, -0.15) is 0 Å². The smallest absolute Gasteiger partial charge is 0.291 e. The topological polar surface area (TPSA) is 181 Å². The quantitative estimate of drug-likeness (QED) is 0.0658. The van der Waals surface area contributed by atoms with E-state index in [-0.39, 0.29) is 52.5 Å². The van der Waals surface area contributed by atoms with Gasteiger partial charge in [0.1, 0.15) is 28.8 Å². The third kappa shape index (κ3) is 14.8. The van der Waals surface area contributed by atoms with E-state index in [2.05, 4.69) is 134 Å². The highest BCUT2D eigenvalue weighted by atomic mass is 19.1. The first-order valence-corrected chi connectivity index (χ1v) is 33.5. The Kier molecular flexibility index (Phi) is 20.0. The van der Waals surface area contributed by atoms with Crippen LogP contribution < -0.4 is 10.6 Å². The summed E-state index contributed by atoms with van der Waals surface area (Å²) in [5, 5.41) is 5.00. The van der Waals surface area contributed by atoms with Crippen LogP contribution in [0.15, 0.2) is 203 Å². The molecular weight excluding hydrogens is 1270 g/mol. The van der Waals surface area contributed by atoms with Gasteiger partial charge in [-0.1, -0.05) is 106 Å². The number of halogens is 5. The molecule has 0 aliphatic heterocycles. The summed E-state index contributed by atoms with van der Waals surface area (Å²) in [5.41, 5.74) is 10.1. The van der Waals surface area contributed by atoms with E-state index in [9.17, 15) is 36.3 Å². The van der Waals surface area contributed by atoms with Crippen molar-refractivity contribution in [3.8, 4) is 67.9 Å². The van der Waals surface area contributed by atoms with Crippen molar-refractivity contribution in [1.82, 2.24) is 33.6 Å². The summed E-state index contributed by atoms with van der Waals surface area (Å²) < 4.78 is 94.3. The molecule has 3 saturated carbocycles. The third-order valence-corrected chi connectivity index (χ3v) is 18.7. The SMILES string of the molecule is CC(C)c1ccc(-c2ccn(C3CCCC3)c2-c2ccc(C(=O)Cc3ccncc3F)o2)cc1.Cc1ccc(-c2ccn(C3CCCC3)c2-c2ccc(C(=O)Nc3ccncc3F)o2)cc1.O=C(Nc1ccncc1F)c1ccc(-c2c(-c3ccc(F)cc3F)ncn2C2CCCC2)o1. The van der Waals surface area contributed by atoms with Crippen LogP contribution in [0.4, 0.5) is 33.3 Å². The maximum Gasteiger partial charge on any atom is 0.291 e. The molecular formula is C79H72F5N9O6. The molecule has 504 valence electrons. The maximum absolute atomic E-state index is 14.6. The fourth-order valence-corrected chi connectivity index (χ4v) is 13.5. The van der Waals surface area contributed by atoms with Gasteiger partial charge in [0, 0.05) is 78.3 Å². The summed E-state index contributed by atoms with van der Waals surface area (Å²) in [6.07, 6.45) is 26.7. The van der Waals surface area contributed by atoms with E-state index in [1.807, 2.05) is 16.7 Å². The summed E-state index contributed by atoms with van der Waals surface area (Å²) in [6.45, 7) is 6.45. The minimum absolute atomic E-state index is 0.0296. The third-order valence-electron chi connectivity index (χ3n) is 18.7. The van der Waals surface area contributed by atoms with Crippen molar-refractivity contribution in [2.24, 2.45) is 0 Å². The van der Waals surface area contributed by atoms with Gasteiger partial charge in [-0.25, -0.2) is 26.9 Å². The van der Waals surface area contributed by atoms with Gasteiger partial charge in [0.25, 0.3) is 11.8 Å². The average Bonchev–Trinajstić information content (AvgIpc) is 1.64. The van der Waals surface area contributed by atoms with Crippen molar-refractivity contribution in [2.45, 2.75) is 128 Å². The van der Waals surface area contributed by atoms with E-state index in [0.29, 0.717) is 52.2 Å². The first kappa shape index (κ1) is 66.6. The Labute approximate surface area is 568 Å². The lowest BCUT2D eigenvalue weighted by Gasteiger charge is -2.16. The molecule has 15 nitrogen and oxygen atoms in total. The standard InChI is InChI=1S/C29H29FN2O2.C26H24FN3O2.C24H19F3N4O2/c1-19(2)20-7-9-21(10-8-20)24-14-16-32(23-5-3-4-6-23)29(24)28-12-11-27(34-28)26(33)17-22-13-15-31-18-25(22)30;1-17-6-8-18(9-7-17)20-13-15-30(19-4-2-3-5-19)25(20)23-10-11-24(32-23)26(31)29-22-12-14-28-16-21(22)27;25-14-5-6-16(17(26)11-14)22-23(31(13-29-22)15-3-1-2-4-15)20-7-8-21(33-20)24(32)30-19-9-10-28-12-18(19)27/h7-16,18-19,23H,3-6,17H2,1-2H3;6-16,19H,2-5H2,1H3,(H,28,29,31);5-13,15H,1-4H2,(H,28,30,32). The Morgan fingerprint density at radius 1 is 0.485 bits per heavy atom. The molecule has 0 unspecified atom stereocenters.